The first kappa shape index (κ1) is 19.0. The zero-order valence-corrected chi connectivity index (χ0v) is 17.2. The minimum Gasteiger partial charge on any atom is -0.467 e. The summed E-state index contributed by atoms with van der Waals surface area (Å²) >= 11 is 0. The van der Waals surface area contributed by atoms with Crippen LogP contribution in [0.4, 0.5) is 0 Å². The summed E-state index contributed by atoms with van der Waals surface area (Å²) in [6.45, 7) is 2.47. The predicted molar refractivity (Wildman–Crippen MR) is 111 cm³/mol. The lowest BCUT2D eigenvalue weighted by Crippen LogP contribution is -2.64. The number of carbonyl (C=O) groups is 2. The molecule has 7 heteroatoms. The number of nitrogens with one attached hydrogen (secondary N) is 1. The molecule has 5 rings (SSSR count). The molecule has 3 aromatic rings. The van der Waals surface area contributed by atoms with Crippen LogP contribution in [0.2, 0.25) is 0 Å². The van der Waals surface area contributed by atoms with E-state index in [1.807, 2.05) is 23.6 Å². The predicted octanol–water partition coefficient (Wildman–Crippen LogP) is 4.08. The minimum atomic E-state index is -1.04. The van der Waals surface area contributed by atoms with Crippen LogP contribution in [0.1, 0.15) is 61.7 Å². The second kappa shape index (κ2) is 7.38. The molecule has 2 amide bonds. The molecule has 0 radical (unpaired) electrons. The van der Waals surface area contributed by atoms with Crippen LogP contribution in [-0.2, 0) is 17.9 Å². The van der Waals surface area contributed by atoms with Gasteiger partial charge in [0.05, 0.1) is 31.1 Å². The van der Waals surface area contributed by atoms with Crippen molar-refractivity contribution in [2.75, 3.05) is 0 Å². The molecule has 0 spiro atoms. The van der Waals surface area contributed by atoms with Gasteiger partial charge >= 0.3 is 0 Å². The normalized spacial score (nSPS) is 22.8. The number of rotatable bonds is 4. The maximum atomic E-state index is 13.6. The van der Waals surface area contributed by atoms with Crippen LogP contribution in [0.5, 0.6) is 0 Å². The van der Waals surface area contributed by atoms with Gasteiger partial charge in [-0.2, -0.15) is 0 Å². The van der Waals surface area contributed by atoms with Gasteiger partial charge in [0.25, 0.3) is 5.91 Å². The molecular formula is C23H27N3O4. The van der Waals surface area contributed by atoms with Gasteiger partial charge in [0.1, 0.15) is 17.0 Å². The maximum Gasteiger partial charge on any atom is 0.272 e. The first-order chi connectivity index (χ1) is 14.6. The lowest BCUT2D eigenvalue weighted by Gasteiger charge is -2.44. The zero-order valence-electron chi connectivity index (χ0n) is 17.2. The Morgan fingerprint density at radius 3 is 2.70 bits per heavy atom. The van der Waals surface area contributed by atoms with Gasteiger partial charge < -0.3 is 23.6 Å². The molecule has 1 N–H and O–H groups in total. The van der Waals surface area contributed by atoms with Gasteiger partial charge in [-0.25, -0.2) is 0 Å². The molecule has 0 aromatic carbocycles. The van der Waals surface area contributed by atoms with Crippen molar-refractivity contribution in [2.24, 2.45) is 0 Å². The Morgan fingerprint density at radius 1 is 1.17 bits per heavy atom. The van der Waals surface area contributed by atoms with Gasteiger partial charge in [-0.15, -0.1) is 0 Å². The van der Waals surface area contributed by atoms with Crippen molar-refractivity contribution in [3.05, 3.63) is 48.2 Å². The zero-order chi connectivity index (χ0) is 20.7. The quantitative estimate of drug-likeness (QED) is 0.659. The van der Waals surface area contributed by atoms with E-state index in [1.54, 1.807) is 29.6 Å². The minimum absolute atomic E-state index is 0.106. The second-order valence-electron chi connectivity index (χ2n) is 8.69. The maximum absolute atomic E-state index is 13.6. The van der Waals surface area contributed by atoms with E-state index in [4.69, 9.17) is 8.83 Å². The van der Waals surface area contributed by atoms with E-state index >= 15 is 0 Å². The largest absolute Gasteiger partial charge is 0.467 e. The van der Waals surface area contributed by atoms with Crippen LogP contribution >= 0.6 is 0 Å². The van der Waals surface area contributed by atoms with Crippen molar-refractivity contribution in [1.29, 1.82) is 0 Å². The molecule has 1 aliphatic carbocycles. The number of aromatic nitrogens is 1. The topological polar surface area (TPSA) is 80.6 Å². The third-order valence-electron chi connectivity index (χ3n) is 6.62. The van der Waals surface area contributed by atoms with Crippen molar-refractivity contribution < 1.29 is 18.4 Å². The van der Waals surface area contributed by atoms with Crippen molar-refractivity contribution in [1.82, 2.24) is 14.8 Å². The highest BCUT2D eigenvalue weighted by Gasteiger charge is 2.48. The second-order valence-corrected chi connectivity index (χ2v) is 8.69. The van der Waals surface area contributed by atoms with Crippen LogP contribution in [0.15, 0.2) is 45.6 Å². The van der Waals surface area contributed by atoms with Crippen LogP contribution in [0, 0.1) is 0 Å². The molecule has 0 saturated heterocycles. The Hall–Kier alpha value is -2.96. The molecule has 2 aliphatic rings. The van der Waals surface area contributed by atoms with E-state index in [2.05, 4.69) is 5.32 Å². The molecule has 30 heavy (non-hydrogen) atoms. The Morgan fingerprint density at radius 2 is 1.97 bits per heavy atom. The van der Waals surface area contributed by atoms with Crippen LogP contribution < -0.4 is 5.32 Å². The molecule has 7 nitrogen and oxygen atoms in total. The first-order valence-electron chi connectivity index (χ1n) is 10.8. The van der Waals surface area contributed by atoms with Gasteiger partial charge in [0, 0.05) is 18.2 Å². The smallest absolute Gasteiger partial charge is 0.272 e. The Labute approximate surface area is 175 Å². The Kier molecular flexibility index (Phi) is 4.68. The van der Waals surface area contributed by atoms with Crippen LogP contribution in [-0.4, -0.2) is 32.9 Å². The Balaban J connectivity index is 1.51. The van der Waals surface area contributed by atoms with Crippen molar-refractivity contribution in [3.8, 4) is 0 Å². The van der Waals surface area contributed by atoms with E-state index in [0.29, 0.717) is 23.6 Å². The first-order valence-corrected chi connectivity index (χ1v) is 10.8. The summed E-state index contributed by atoms with van der Waals surface area (Å²) in [7, 11) is 0. The van der Waals surface area contributed by atoms with Gasteiger partial charge in [-0.1, -0.05) is 25.7 Å². The van der Waals surface area contributed by atoms with Gasteiger partial charge in [-0.3, -0.25) is 9.59 Å². The molecule has 1 aliphatic heterocycles. The lowest BCUT2D eigenvalue weighted by atomic mass is 9.93. The van der Waals surface area contributed by atoms with E-state index in [1.165, 1.54) is 12.8 Å². The molecule has 158 valence electrons. The van der Waals surface area contributed by atoms with E-state index < -0.39 is 5.54 Å². The fourth-order valence-corrected chi connectivity index (χ4v) is 4.84. The third-order valence-corrected chi connectivity index (χ3v) is 6.62. The summed E-state index contributed by atoms with van der Waals surface area (Å²) in [5.74, 6) is 0.355. The van der Waals surface area contributed by atoms with Crippen LogP contribution in [0.25, 0.3) is 11.1 Å². The molecule has 1 fully saturated rings. The standard InChI is InChI=1S/C23H27N3O4/c1-23(22(28)24-16-7-4-2-3-5-8-16)15-25-18-10-12-30-20(18)13-19(25)21(27)26(23)14-17-9-6-11-29-17/h6,9-13,16H,2-5,7-8,14-15H2,1H3,(H,24,28)/t23-/m1/s1. The van der Waals surface area contributed by atoms with Gasteiger partial charge in [0.2, 0.25) is 5.91 Å². The molecular weight excluding hydrogens is 382 g/mol. The fourth-order valence-electron chi connectivity index (χ4n) is 4.84. The van der Waals surface area contributed by atoms with Crippen LogP contribution in [0.3, 0.4) is 0 Å². The Bertz CT molecular complexity index is 1060. The molecule has 0 unspecified atom stereocenters. The summed E-state index contributed by atoms with van der Waals surface area (Å²) < 4.78 is 12.9. The number of nitrogens with zero attached hydrogens (tertiary/aromatic N) is 2. The number of amides is 2. The number of carbonyl (C=O) groups excluding carboxylic acids is 2. The van der Waals surface area contributed by atoms with Crippen molar-refractivity contribution in [2.45, 2.75) is 70.1 Å². The highest BCUT2D eigenvalue weighted by molar-refractivity contribution is 6.02. The number of fused-ring (bicyclic) bond motifs is 3. The SMILES string of the molecule is C[C@]1(C(=O)NC2CCCCCC2)Cn2c(cc3occc32)C(=O)N1Cc1ccco1. The number of furan rings is 2. The highest BCUT2D eigenvalue weighted by atomic mass is 16.3. The van der Waals surface area contributed by atoms with Gasteiger partial charge in [-0.05, 0) is 31.9 Å². The molecule has 4 heterocycles. The monoisotopic (exact) mass is 409 g/mol. The summed E-state index contributed by atoms with van der Waals surface area (Å²) in [5, 5.41) is 3.26. The summed E-state index contributed by atoms with van der Waals surface area (Å²) in [6, 6.07) is 7.39. The molecule has 0 bridgehead atoms. The van der Waals surface area contributed by atoms with Gasteiger partial charge in [0.15, 0.2) is 5.58 Å². The lowest BCUT2D eigenvalue weighted by molar-refractivity contribution is -0.134. The summed E-state index contributed by atoms with van der Waals surface area (Å²) in [5.41, 5.74) is 0.997. The van der Waals surface area contributed by atoms with E-state index in [-0.39, 0.29) is 24.4 Å². The average molecular weight is 409 g/mol. The average Bonchev–Trinajstić information content (AvgIpc) is 3.42. The number of hydrogen-bond donors (Lipinski definition) is 1. The van der Waals surface area contributed by atoms with E-state index in [0.717, 1.165) is 31.2 Å². The van der Waals surface area contributed by atoms with E-state index in [9.17, 15) is 9.59 Å². The fraction of sp³-hybridized carbons (Fsp3) is 0.478. The highest BCUT2D eigenvalue weighted by Crippen LogP contribution is 2.34. The molecule has 3 aromatic heterocycles. The summed E-state index contributed by atoms with van der Waals surface area (Å²) in [6.07, 6.45) is 9.89. The van der Waals surface area contributed by atoms with Crippen molar-refractivity contribution >= 4 is 22.9 Å². The molecule has 1 atom stereocenters. The van der Waals surface area contributed by atoms with Crippen molar-refractivity contribution in [3.63, 3.8) is 0 Å². The molecule has 1 saturated carbocycles. The third kappa shape index (κ3) is 3.13. The number of hydrogen-bond acceptors (Lipinski definition) is 4. The summed E-state index contributed by atoms with van der Waals surface area (Å²) in [4.78, 5) is 28.8.